The number of fused-ring (bicyclic) bond motifs is 6. The molecule has 34 heavy (non-hydrogen) atoms. The van der Waals surface area contributed by atoms with Crippen molar-refractivity contribution in [3.8, 4) is 5.75 Å². The molecule has 166 valence electrons. The van der Waals surface area contributed by atoms with Crippen LogP contribution in [0.2, 0.25) is 0 Å². The lowest BCUT2D eigenvalue weighted by Gasteiger charge is -2.18. The van der Waals surface area contributed by atoms with Gasteiger partial charge in [0.05, 0.1) is 16.5 Å². The summed E-state index contributed by atoms with van der Waals surface area (Å²) in [4.78, 5) is 40.2. The van der Waals surface area contributed by atoms with Crippen LogP contribution in [0.15, 0.2) is 74.3 Å². The highest BCUT2D eigenvalue weighted by molar-refractivity contribution is 6.33. The van der Waals surface area contributed by atoms with Crippen LogP contribution in [0.4, 0.5) is 0 Å². The molecular formula is C28H18O6. The van der Waals surface area contributed by atoms with Crippen molar-refractivity contribution in [2.24, 2.45) is 0 Å². The lowest BCUT2D eigenvalue weighted by molar-refractivity contribution is 0.0958. The van der Waals surface area contributed by atoms with E-state index in [0.717, 1.165) is 16.7 Å². The average molecular weight is 450 g/mol. The van der Waals surface area contributed by atoms with Crippen molar-refractivity contribution in [2.45, 2.75) is 20.5 Å². The van der Waals surface area contributed by atoms with E-state index in [1.807, 2.05) is 50.2 Å². The first kappa shape index (κ1) is 20.2. The topological polar surface area (TPSA) is 86.7 Å². The zero-order valence-electron chi connectivity index (χ0n) is 18.4. The monoisotopic (exact) mass is 450 g/mol. The fourth-order valence-electron chi connectivity index (χ4n) is 4.61. The SMILES string of the molecule is Cc1cc(OCc2ccccc2)c2c(c1)C(=O)c1oc3c(c1C2=O)c(=O)oc1cccc(C)c13. The van der Waals surface area contributed by atoms with E-state index >= 15 is 0 Å². The molecule has 1 aliphatic carbocycles. The first-order valence-electron chi connectivity index (χ1n) is 10.8. The van der Waals surface area contributed by atoms with Gasteiger partial charge in [-0.1, -0.05) is 42.5 Å². The molecule has 0 atom stereocenters. The summed E-state index contributed by atoms with van der Waals surface area (Å²) in [5.41, 5.74) is 2.55. The summed E-state index contributed by atoms with van der Waals surface area (Å²) in [6, 6.07) is 18.2. The van der Waals surface area contributed by atoms with E-state index in [0.29, 0.717) is 16.7 Å². The van der Waals surface area contributed by atoms with E-state index in [1.54, 1.807) is 24.3 Å². The molecule has 2 aromatic heterocycles. The van der Waals surface area contributed by atoms with Gasteiger partial charge in [-0.15, -0.1) is 0 Å². The molecule has 0 spiro atoms. The molecule has 0 fully saturated rings. The Bertz CT molecular complexity index is 1720. The summed E-state index contributed by atoms with van der Waals surface area (Å²) in [5, 5.41) is 0.545. The molecule has 6 nitrogen and oxygen atoms in total. The van der Waals surface area contributed by atoms with Crippen molar-refractivity contribution in [1.29, 1.82) is 0 Å². The predicted molar refractivity (Wildman–Crippen MR) is 126 cm³/mol. The number of carbonyl (C=O) groups excluding carboxylic acids is 2. The summed E-state index contributed by atoms with van der Waals surface area (Å²) < 4.78 is 17.4. The van der Waals surface area contributed by atoms with Gasteiger partial charge in [-0.25, -0.2) is 4.79 Å². The Morgan fingerprint density at radius 2 is 1.59 bits per heavy atom. The lowest BCUT2D eigenvalue weighted by atomic mass is 9.85. The number of ketones is 2. The first-order valence-corrected chi connectivity index (χ1v) is 10.8. The maximum atomic E-state index is 13.8. The second-order valence-electron chi connectivity index (χ2n) is 8.47. The van der Waals surface area contributed by atoms with Crippen molar-refractivity contribution >= 4 is 33.5 Å². The van der Waals surface area contributed by atoms with Gasteiger partial charge in [0, 0.05) is 5.56 Å². The standard InChI is InChI=1S/C28H18O6/c1-14-11-17-21(19(12-14)32-13-16-8-4-3-5-9-16)25(30)22-23-26(34-27(22)24(17)29)20-15(2)7-6-10-18(20)33-28(23)31/h3-12H,13H2,1-2H3. The van der Waals surface area contributed by atoms with Crippen molar-refractivity contribution in [3.05, 3.63) is 110 Å². The van der Waals surface area contributed by atoms with Gasteiger partial charge < -0.3 is 13.6 Å². The zero-order chi connectivity index (χ0) is 23.6. The Labute approximate surface area is 193 Å². The molecule has 5 aromatic rings. The Balaban J connectivity index is 1.58. The van der Waals surface area contributed by atoms with Crippen LogP contribution >= 0.6 is 0 Å². The minimum atomic E-state index is -0.721. The van der Waals surface area contributed by atoms with Crippen molar-refractivity contribution in [3.63, 3.8) is 0 Å². The van der Waals surface area contributed by atoms with Gasteiger partial charge in [-0.05, 0) is 48.7 Å². The Kier molecular flexibility index (Phi) is 4.32. The molecule has 6 heteroatoms. The maximum absolute atomic E-state index is 13.8. The highest BCUT2D eigenvalue weighted by atomic mass is 16.5. The van der Waals surface area contributed by atoms with E-state index in [2.05, 4.69) is 0 Å². The number of rotatable bonds is 3. The largest absolute Gasteiger partial charge is 0.488 e. The highest BCUT2D eigenvalue weighted by Gasteiger charge is 2.39. The smallest absolute Gasteiger partial charge is 0.348 e. The molecule has 0 saturated carbocycles. The molecular weight excluding hydrogens is 432 g/mol. The molecule has 2 heterocycles. The summed E-state index contributed by atoms with van der Waals surface area (Å²) in [7, 11) is 0. The first-order chi connectivity index (χ1) is 16.4. The van der Waals surface area contributed by atoms with E-state index < -0.39 is 17.2 Å². The molecule has 1 aliphatic rings. The summed E-state index contributed by atoms with van der Waals surface area (Å²) in [6.07, 6.45) is 0. The van der Waals surface area contributed by atoms with E-state index in [4.69, 9.17) is 13.6 Å². The van der Waals surface area contributed by atoms with Crippen LogP contribution in [-0.2, 0) is 6.61 Å². The highest BCUT2D eigenvalue weighted by Crippen LogP contribution is 2.40. The molecule has 3 aromatic carbocycles. The quantitative estimate of drug-likeness (QED) is 0.331. The maximum Gasteiger partial charge on any atom is 0.348 e. The van der Waals surface area contributed by atoms with E-state index in [9.17, 15) is 14.4 Å². The van der Waals surface area contributed by atoms with Crippen LogP contribution < -0.4 is 10.4 Å². The number of hydrogen-bond donors (Lipinski definition) is 0. The van der Waals surface area contributed by atoms with Crippen LogP contribution in [-0.4, -0.2) is 11.6 Å². The van der Waals surface area contributed by atoms with Gasteiger partial charge in [0.25, 0.3) is 0 Å². The fraction of sp³-hybridized carbons (Fsp3) is 0.107. The van der Waals surface area contributed by atoms with Gasteiger partial charge in [-0.2, -0.15) is 0 Å². The second-order valence-corrected chi connectivity index (χ2v) is 8.47. The average Bonchev–Trinajstić information content (AvgIpc) is 3.23. The van der Waals surface area contributed by atoms with Gasteiger partial charge in [0.1, 0.15) is 23.3 Å². The molecule has 0 N–H and O–H groups in total. The molecule has 0 saturated heterocycles. The molecule has 0 bridgehead atoms. The summed E-state index contributed by atoms with van der Waals surface area (Å²) in [5.74, 6) is -0.810. The van der Waals surface area contributed by atoms with E-state index in [-0.39, 0.29) is 40.0 Å². The van der Waals surface area contributed by atoms with Crippen LogP contribution in [0.1, 0.15) is 48.7 Å². The van der Waals surface area contributed by atoms with Gasteiger partial charge in [0.2, 0.25) is 11.6 Å². The normalized spacial score (nSPS) is 12.8. The van der Waals surface area contributed by atoms with Crippen LogP contribution in [0.25, 0.3) is 21.9 Å². The van der Waals surface area contributed by atoms with Crippen LogP contribution in [0, 0.1) is 13.8 Å². The fourth-order valence-corrected chi connectivity index (χ4v) is 4.61. The number of furan rings is 1. The number of benzene rings is 3. The predicted octanol–water partition coefficient (Wildman–Crippen LogP) is 5.51. The third-order valence-corrected chi connectivity index (χ3v) is 6.17. The van der Waals surface area contributed by atoms with Crippen molar-refractivity contribution in [1.82, 2.24) is 0 Å². The van der Waals surface area contributed by atoms with Crippen molar-refractivity contribution in [2.75, 3.05) is 0 Å². The van der Waals surface area contributed by atoms with Gasteiger partial charge >= 0.3 is 5.63 Å². The van der Waals surface area contributed by atoms with Gasteiger partial charge in [-0.3, -0.25) is 9.59 Å². The summed E-state index contributed by atoms with van der Waals surface area (Å²) >= 11 is 0. The minimum Gasteiger partial charge on any atom is -0.488 e. The lowest BCUT2D eigenvalue weighted by Crippen LogP contribution is -2.22. The number of hydrogen-bond acceptors (Lipinski definition) is 6. The molecule has 0 aliphatic heterocycles. The Hall–Kier alpha value is -4.45. The number of aryl methyl sites for hydroxylation is 2. The third kappa shape index (κ3) is 2.85. The third-order valence-electron chi connectivity index (χ3n) is 6.17. The second kappa shape index (κ2) is 7.28. The molecule has 0 unspecified atom stereocenters. The van der Waals surface area contributed by atoms with Crippen LogP contribution in [0.5, 0.6) is 5.75 Å². The van der Waals surface area contributed by atoms with E-state index in [1.165, 1.54) is 0 Å². The van der Waals surface area contributed by atoms with Crippen molar-refractivity contribution < 1.29 is 23.2 Å². The number of carbonyl (C=O) groups is 2. The summed E-state index contributed by atoms with van der Waals surface area (Å²) in [6.45, 7) is 3.90. The Morgan fingerprint density at radius 3 is 2.38 bits per heavy atom. The Morgan fingerprint density at radius 1 is 0.794 bits per heavy atom. The van der Waals surface area contributed by atoms with Crippen LogP contribution in [0.3, 0.4) is 0 Å². The van der Waals surface area contributed by atoms with Gasteiger partial charge in [0.15, 0.2) is 11.3 Å². The molecule has 0 amide bonds. The number of ether oxygens (including phenoxy) is 1. The minimum absolute atomic E-state index is 0.0182. The zero-order valence-corrected chi connectivity index (χ0v) is 18.4. The molecule has 0 radical (unpaired) electrons. The molecule has 6 rings (SSSR count).